The van der Waals surface area contributed by atoms with Crippen molar-refractivity contribution in [2.45, 2.75) is 45.4 Å². The van der Waals surface area contributed by atoms with E-state index in [2.05, 4.69) is 17.4 Å². The standard InChI is InChI=1S/C11H21ClN4O/c1-5-6-16-9(8(12)7-14-16)10(15-13)11(2,3)17-4/h7,10,15H,5-6,13H2,1-4H3. The smallest absolute Gasteiger partial charge is 0.0927 e. The van der Waals surface area contributed by atoms with Crippen molar-refractivity contribution in [3.63, 3.8) is 0 Å². The molecule has 1 aromatic rings. The van der Waals surface area contributed by atoms with Crippen LogP contribution in [0.3, 0.4) is 0 Å². The van der Waals surface area contributed by atoms with E-state index in [-0.39, 0.29) is 6.04 Å². The normalized spacial score (nSPS) is 14.0. The zero-order valence-corrected chi connectivity index (χ0v) is 11.6. The third kappa shape index (κ3) is 2.98. The monoisotopic (exact) mass is 260 g/mol. The van der Waals surface area contributed by atoms with E-state index in [0.717, 1.165) is 18.7 Å². The van der Waals surface area contributed by atoms with Crippen LogP contribution in [0.25, 0.3) is 0 Å². The quantitative estimate of drug-likeness (QED) is 0.605. The zero-order valence-electron chi connectivity index (χ0n) is 10.8. The lowest BCUT2D eigenvalue weighted by atomic mass is 9.96. The van der Waals surface area contributed by atoms with E-state index in [4.69, 9.17) is 22.2 Å². The van der Waals surface area contributed by atoms with E-state index in [1.54, 1.807) is 13.3 Å². The number of halogens is 1. The van der Waals surface area contributed by atoms with Crippen LogP contribution in [0.5, 0.6) is 0 Å². The first kappa shape index (κ1) is 14.4. The fraction of sp³-hybridized carbons (Fsp3) is 0.727. The molecule has 0 saturated heterocycles. The van der Waals surface area contributed by atoms with Crippen LogP contribution in [0.15, 0.2) is 6.20 Å². The van der Waals surface area contributed by atoms with Crippen LogP contribution in [0.1, 0.15) is 38.9 Å². The van der Waals surface area contributed by atoms with Crippen molar-refractivity contribution < 1.29 is 4.74 Å². The SMILES string of the molecule is CCCn1ncc(Cl)c1C(NN)C(C)(C)OC. The van der Waals surface area contributed by atoms with E-state index in [9.17, 15) is 0 Å². The van der Waals surface area contributed by atoms with Gasteiger partial charge < -0.3 is 4.74 Å². The zero-order chi connectivity index (χ0) is 13.1. The summed E-state index contributed by atoms with van der Waals surface area (Å²) in [7, 11) is 1.65. The van der Waals surface area contributed by atoms with E-state index in [1.165, 1.54) is 0 Å². The van der Waals surface area contributed by atoms with Crippen LogP contribution in [-0.4, -0.2) is 22.5 Å². The summed E-state index contributed by atoms with van der Waals surface area (Å²) in [4.78, 5) is 0. The molecule has 1 unspecified atom stereocenters. The molecule has 0 aliphatic carbocycles. The fourth-order valence-electron chi connectivity index (χ4n) is 1.78. The number of hydrogen-bond donors (Lipinski definition) is 2. The molecule has 1 heterocycles. The number of nitrogens with zero attached hydrogens (tertiary/aromatic N) is 2. The van der Waals surface area contributed by atoms with E-state index >= 15 is 0 Å². The molecule has 17 heavy (non-hydrogen) atoms. The second-order valence-corrected chi connectivity index (χ2v) is 4.92. The van der Waals surface area contributed by atoms with Crippen molar-refractivity contribution in [2.24, 2.45) is 5.84 Å². The Kier molecular flexibility index (Phi) is 4.94. The molecule has 0 radical (unpaired) electrons. The Labute approximate surface area is 107 Å². The molecule has 0 aliphatic rings. The highest BCUT2D eigenvalue weighted by molar-refractivity contribution is 6.31. The van der Waals surface area contributed by atoms with Crippen molar-refractivity contribution in [2.75, 3.05) is 7.11 Å². The first-order valence-electron chi connectivity index (χ1n) is 5.70. The van der Waals surface area contributed by atoms with Crippen molar-refractivity contribution in [1.29, 1.82) is 0 Å². The summed E-state index contributed by atoms with van der Waals surface area (Å²) >= 11 is 6.18. The minimum absolute atomic E-state index is 0.214. The average Bonchev–Trinajstić information content (AvgIpc) is 2.63. The van der Waals surface area contributed by atoms with Gasteiger partial charge in [0.05, 0.1) is 28.6 Å². The predicted octanol–water partition coefficient (Wildman–Crippen LogP) is 1.88. The molecule has 0 amide bonds. The summed E-state index contributed by atoms with van der Waals surface area (Å²) in [6.07, 6.45) is 2.62. The molecular formula is C11H21ClN4O. The number of hydrazine groups is 1. The highest BCUT2D eigenvalue weighted by Gasteiger charge is 2.34. The number of ether oxygens (including phenoxy) is 1. The molecule has 98 valence electrons. The molecule has 0 aromatic carbocycles. The highest BCUT2D eigenvalue weighted by Crippen LogP contribution is 2.32. The van der Waals surface area contributed by atoms with Crippen LogP contribution in [-0.2, 0) is 11.3 Å². The Morgan fingerprint density at radius 3 is 2.76 bits per heavy atom. The summed E-state index contributed by atoms with van der Waals surface area (Å²) in [6, 6.07) is -0.214. The molecule has 3 N–H and O–H groups in total. The Morgan fingerprint density at radius 2 is 2.29 bits per heavy atom. The molecular weight excluding hydrogens is 240 g/mol. The van der Waals surface area contributed by atoms with Gasteiger partial charge in [-0.15, -0.1) is 0 Å². The number of nitrogens with two attached hydrogens (primary N) is 1. The predicted molar refractivity (Wildman–Crippen MR) is 68.7 cm³/mol. The average molecular weight is 261 g/mol. The number of nitrogens with one attached hydrogen (secondary N) is 1. The summed E-state index contributed by atoms with van der Waals surface area (Å²) in [5.74, 6) is 5.63. The number of hydrogen-bond acceptors (Lipinski definition) is 4. The van der Waals surface area contributed by atoms with Gasteiger partial charge in [-0.25, -0.2) is 5.43 Å². The number of methoxy groups -OCH3 is 1. The van der Waals surface area contributed by atoms with Gasteiger partial charge in [-0.3, -0.25) is 10.5 Å². The number of aryl methyl sites for hydroxylation is 1. The van der Waals surface area contributed by atoms with Crippen molar-refractivity contribution in [3.05, 3.63) is 16.9 Å². The first-order valence-corrected chi connectivity index (χ1v) is 6.08. The Hall–Kier alpha value is -0.620. The number of aromatic nitrogens is 2. The van der Waals surface area contributed by atoms with Crippen molar-refractivity contribution in [1.82, 2.24) is 15.2 Å². The summed E-state index contributed by atoms with van der Waals surface area (Å²) in [6.45, 7) is 6.81. The van der Waals surface area contributed by atoms with Crippen LogP contribution in [0.2, 0.25) is 5.02 Å². The minimum atomic E-state index is -0.468. The third-order valence-corrected chi connectivity index (χ3v) is 3.22. The van der Waals surface area contributed by atoms with Gasteiger partial charge in [-0.1, -0.05) is 18.5 Å². The second-order valence-electron chi connectivity index (χ2n) is 4.51. The molecule has 5 nitrogen and oxygen atoms in total. The minimum Gasteiger partial charge on any atom is -0.377 e. The molecule has 1 atom stereocenters. The van der Waals surface area contributed by atoms with Crippen molar-refractivity contribution >= 4 is 11.6 Å². The lowest BCUT2D eigenvalue weighted by Crippen LogP contribution is -2.45. The molecule has 0 saturated carbocycles. The van der Waals surface area contributed by atoms with Gasteiger partial charge in [-0.2, -0.15) is 5.10 Å². The van der Waals surface area contributed by atoms with Crippen LogP contribution in [0, 0.1) is 0 Å². The van der Waals surface area contributed by atoms with E-state index in [0.29, 0.717) is 5.02 Å². The van der Waals surface area contributed by atoms with E-state index in [1.807, 2.05) is 18.5 Å². The van der Waals surface area contributed by atoms with Gasteiger partial charge >= 0.3 is 0 Å². The van der Waals surface area contributed by atoms with Crippen LogP contribution < -0.4 is 11.3 Å². The largest absolute Gasteiger partial charge is 0.377 e. The molecule has 1 aromatic heterocycles. The lowest BCUT2D eigenvalue weighted by molar-refractivity contribution is -0.0135. The third-order valence-electron chi connectivity index (χ3n) is 2.93. The maximum Gasteiger partial charge on any atom is 0.0927 e. The maximum absolute atomic E-state index is 6.18. The van der Waals surface area contributed by atoms with E-state index < -0.39 is 5.60 Å². The molecule has 0 spiro atoms. The van der Waals surface area contributed by atoms with Crippen LogP contribution in [0.4, 0.5) is 0 Å². The molecule has 0 bridgehead atoms. The summed E-state index contributed by atoms with van der Waals surface area (Å²) in [5.41, 5.74) is 3.16. The molecule has 1 rings (SSSR count). The highest BCUT2D eigenvalue weighted by atomic mass is 35.5. The Balaban J connectivity index is 3.15. The van der Waals surface area contributed by atoms with Gasteiger partial charge in [0.1, 0.15) is 0 Å². The second kappa shape index (κ2) is 5.82. The Morgan fingerprint density at radius 1 is 1.65 bits per heavy atom. The van der Waals surface area contributed by atoms with Crippen LogP contribution >= 0.6 is 11.6 Å². The van der Waals surface area contributed by atoms with Gasteiger partial charge in [0.25, 0.3) is 0 Å². The number of rotatable bonds is 6. The molecule has 0 aliphatic heterocycles. The van der Waals surface area contributed by atoms with Gasteiger partial charge in [0.2, 0.25) is 0 Å². The first-order chi connectivity index (χ1) is 7.97. The molecule has 0 fully saturated rings. The topological polar surface area (TPSA) is 65.1 Å². The Bertz CT molecular complexity index is 364. The van der Waals surface area contributed by atoms with Gasteiger partial charge in [-0.05, 0) is 20.3 Å². The van der Waals surface area contributed by atoms with Gasteiger partial charge in [0, 0.05) is 13.7 Å². The molecule has 6 heteroatoms. The maximum atomic E-state index is 6.18. The fourth-order valence-corrected chi connectivity index (χ4v) is 2.03. The lowest BCUT2D eigenvalue weighted by Gasteiger charge is -2.33. The van der Waals surface area contributed by atoms with Gasteiger partial charge in [0.15, 0.2) is 0 Å². The van der Waals surface area contributed by atoms with Crippen molar-refractivity contribution in [3.8, 4) is 0 Å². The summed E-state index contributed by atoms with van der Waals surface area (Å²) < 4.78 is 7.33. The summed E-state index contributed by atoms with van der Waals surface area (Å²) in [5, 5.41) is 4.86.